The SMILES string of the molecule is CCc1ccccc1N1CCN(C(=O)Nc2nc3ccccc3nc2OC)CC1. The first kappa shape index (κ1) is 19.0. The van der Waals surface area contributed by atoms with Crippen molar-refractivity contribution < 1.29 is 9.53 Å². The molecule has 2 amide bonds. The van der Waals surface area contributed by atoms with Gasteiger partial charge in [-0.05, 0) is 30.2 Å². The number of carbonyl (C=O) groups is 1. The lowest BCUT2D eigenvalue weighted by Gasteiger charge is -2.36. The molecule has 1 N–H and O–H groups in total. The third-order valence-electron chi connectivity index (χ3n) is 5.24. The molecule has 0 unspecified atom stereocenters. The van der Waals surface area contributed by atoms with E-state index in [0.29, 0.717) is 30.3 Å². The van der Waals surface area contributed by atoms with Gasteiger partial charge >= 0.3 is 6.03 Å². The predicted molar refractivity (Wildman–Crippen MR) is 115 cm³/mol. The highest BCUT2D eigenvalue weighted by atomic mass is 16.5. The third-order valence-corrected chi connectivity index (χ3v) is 5.24. The number of para-hydroxylation sites is 3. The molecule has 7 heteroatoms. The fourth-order valence-corrected chi connectivity index (χ4v) is 3.66. The average molecular weight is 391 g/mol. The number of piperazine rings is 1. The van der Waals surface area contributed by atoms with Crippen molar-refractivity contribution in [3.8, 4) is 5.88 Å². The first-order chi connectivity index (χ1) is 14.2. The molecule has 150 valence electrons. The number of nitrogens with one attached hydrogen (secondary N) is 1. The van der Waals surface area contributed by atoms with Crippen LogP contribution in [0.25, 0.3) is 11.0 Å². The predicted octanol–water partition coefficient (Wildman–Crippen LogP) is 3.55. The van der Waals surface area contributed by atoms with Gasteiger partial charge in [0.2, 0.25) is 0 Å². The summed E-state index contributed by atoms with van der Waals surface area (Å²) in [5, 5.41) is 2.87. The van der Waals surface area contributed by atoms with E-state index in [0.717, 1.165) is 25.0 Å². The number of hydrogen-bond acceptors (Lipinski definition) is 5. The van der Waals surface area contributed by atoms with Crippen LogP contribution < -0.4 is 15.0 Å². The van der Waals surface area contributed by atoms with Crippen molar-refractivity contribution in [1.82, 2.24) is 14.9 Å². The van der Waals surface area contributed by atoms with Crippen LogP contribution in [-0.2, 0) is 6.42 Å². The molecule has 1 fully saturated rings. The minimum atomic E-state index is -0.184. The van der Waals surface area contributed by atoms with E-state index in [1.165, 1.54) is 18.4 Å². The fraction of sp³-hybridized carbons (Fsp3) is 0.318. The Morgan fingerprint density at radius 3 is 2.34 bits per heavy atom. The smallest absolute Gasteiger partial charge is 0.323 e. The van der Waals surface area contributed by atoms with Gasteiger partial charge in [0.15, 0.2) is 5.82 Å². The second kappa shape index (κ2) is 8.34. The summed E-state index contributed by atoms with van der Waals surface area (Å²) < 4.78 is 5.33. The van der Waals surface area contributed by atoms with Gasteiger partial charge in [-0.25, -0.2) is 14.8 Å². The Morgan fingerprint density at radius 1 is 1.00 bits per heavy atom. The zero-order chi connectivity index (χ0) is 20.2. The van der Waals surface area contributed by atoms with Crippen LogP contribution >= 0.6 is 0 Å². The standard InChI is InChI=1S/C22H25N5O2/c1-3-16-8-4-7-11-19(16)26-12-14-27(15-13-26)22(28)25-20-21(29-2)24-18-10-6-5-9-17(18)23-20/h4-11H,3,12-15H2,1-2H3,(H,23,25,28). The van der Waals surface area contributed by atoms with Gasteiger partial charge < -0.3 is 14.5 Å². The first-order valence-electron chi connectivity index (χ1n) is 9.89. The van der Waals surface area contributed by atoms with E-state index < -0.39 is 0 Å². The zero-order valence-electron chi connectivity index (χ0n) is 16.8. The number of amides is 2. The number of rotatable bonds is 4. The molecule has 1 aliphatic heterocycles. The van der Waals surface area contributed by atoms with Crippen molar-refractivity contribution in [3.05, 3.63) is 54.1 Å². The number of anilines is 2. The Hall–Kier alpha value is -3.35. The molecule has 2 aromatic carbocycles. The number of ether oxygens (including phenoxy) is 1. The Morgan fingerprint density at radius 2 is 1.66 bits per heavy atom. The highest BCUT2D eigenvalue weighted by molar-refractivity contribution is 5.91. The number of nitrogens with zero attached hydrogens (tertiary/aromatic N) is 4. The second-order valence-corrected chi connectivity index (χ2v) is 6.96. The van der Waals surface area contributed by atoms with Crippen LogP contribution in [-0.4, -0.2) is 54.2 Å². The summed E-state index contributed by atoms with van der Waals surface area (Å²) in [5.41, 5.74) is 4.04. The molecule has 3 aromatic rings. The maximum Gasteiger partial charge on any atom is 0.323 e. The number of aromatic nitrogens is 2. The number of benzene rings is 2. The third kappa shape index (κ3) is 3.94. The van der Waals surface area contributed by atoms with Crippen molar-refractivity contribution in [2.24, 2.45) is 0 Å². The summed E-state index contributed by atoms with van der Waals surface area (Å²) >= 11 is 0. The van der Waals surface area contributed by atoms with Crippen LogP contribution in [0.4, 0.5) is 16.3 Å². The lowest BCUT2D eigenvalue weighted by Crippen LogP contribution is -2.50. The first-order valence-corrected chi connectivity index (χ1v) is 9.89. The van der Waals surface area contributed by atoms with Gasteiger partial charge in [-0.3, -0.25) is 5.32 Å². The normalized spacial score (nSPS) is 14.1. The number of aryl methyl sites for hydroxylation is 1. The number of carbonyl (C=O) groups excluding carboxylic acids is 1. The summed E-state index contributed by atoms with van der Waals surface area (Å²) in [7, 11) is 1.53. The minimum absolute atomic E-state index is 0.184. The maximum atomic E-state index is 12.8. The Balaban J connectivity index is 1.45. The van der Waals surface area contributed by atoms with Gasteiger partial charge in [0.25, 0.3) is 5.88 Å². The van der Waals surface area contributed by atoms with Gasteiger partial charge in [0.05, 0.1) is 18.1 Å². The molecule has 1 aromatic heterocycles. The molecule has 0 aliphatic carbocycles. The lowest BCUT2D eigenvalue weighted by atomic mass is 10.1. The number of fused-ring (bicyclic) bond motifs is 1. The highest BCUT2D eigenvalue weighted by Gasteiger charge is 2.23. The second-order valence-electron chi connectivity index (χ2n) is 6.96. The van der Waals surface area contributed by atoms with Gasteiger partial charge in [0, 0.05) is 31.9 Å². The summed E-state index contributed by atoms with van der Waals surface area (Å²) in [6.45, 7) is 5.05. The monoisotopic (exact) mass is 391 g/mol. The van der Waals surface area contributed by atoms with Crippen LogP contribution in [0.5, 0.6) is 5.88 Å². The highest BCUT2D eigenvalue weighted by Crippen LogP contribution is 2.25. The number of methoxy groups -OCH3 is 1. The van der Waals surface area contributed by atoms with E-state index >= 15 is 0 Å². The quantitative estimate of drug-likeness (QED) is 0.736. The van der Waals surface area contributed by atoms with Crippen LogP contribution in [0.2, 0.25) is 0 Å². The molecule has 0 atom stereocenters. The largest absolute Gasteiger partial charge is 0.478 e. The summed E-state index contributed by atoms with van der Waals surface area (Å²) in [6.07, 6.45) is 0.997. The molecular formula is C22H25N5O2. The molecule has 0 radical (unpaired) electrons. The summed E-state index contributed by atoms with van der Waals surface area (Å²) in [4.78, 5) is 25.9. The minimum Gasteiger partial charge on any atom is -0.478 e. The summed E-state index contributed by atoms with van der Waals surface area (Å²) in [6, 6.07) is 15.8. The van der Waals surface area contributed by atoms with Crippen LogP contribution in [0.3, 0.4) is 0 Å². The fourth-order valence-electron chi connectivity index (χ4n) is 3.66. The van der Waals surface area contributed by atoms with Gasteiger partial charge in [-0.15, -0.1) is 0 Å². The maximum absolute atomic E-state index is 12.8. The molecule has 0 spiro atoms. The van der Waals surface area contributed by atoms with E-state index in [9.17, 15) is 4.79 Å². The van der Waals surface area contributed by atoms with Gasteiger partial charge in [0.1, 0.15) is 0 Å². The van der Waals surface area contributed by atoms with Crippen molar-refractivity contribution in [1.29, 1.82) is 0 Å². The number of urea groups is 1. The molecule has 2 heterocycles. The van der Waals surface area contributed by atoms with Crippen LogP contribution in [0, 0.1) is 0 Å². The van der Waals surface area contributed by atoms with Crippen LogP contribution in [0.1, 0.15) is 12.5 Å². The lowest BCUT2D eigenvalue weighted by molar-refractivity contribution is 0.208. The Kier molecular flexibility index (Phi) is 5.46. The average Bonchev–Trinajstić information content (AvgIpc) is 2.78. The molecular weight excluding hydrogens is 366 g/mol. The van der Waals surface area contributed by atoms with E-state index in [-0.39, 0.29) is 6.03 Å². The van der Waals surface area contributed by atoms with Crippen molar-refractivity contribution >= 4 is 28.6 Å². The molecule has 0 saturated carbocycles. The topological polar surface area (TPSA) is 70.6 Å². The van der Waals surface area contributed by atoms with E-state index in [1.807, 2.05) is 24.3 Å². The van der Waals surface area contributed by atoms with Crippen molar-refractivity contribution in [2.75, 3.05) is 43.5 Å². The van der Waals surface area contributed by atoms with Gasteiger partial charge in [-0.2, -0.15) is 0 Å². The Bertz CT molecular complexity index is 1020. The van der Waals surface area contributed by atoms with Crippen LogP contribution in [0.15, 0.2) is 48.5 Å². The molecule has 1 aliphatic rings. The number of hydrogen-bond donors (Lipinski definition) is 1. The molecule has 0 bridgehead atoms. The molecule has 7 nitrogen and oxygen atoms in total. The van der Waals surface area contributed by atoms with Crippen molar-refractivity contribution in [2.45, 2.75) is 13.3 Å². The summed E-state index contributed by atoms with van der Waals surface area (Å²) in [5.74, 6) is 0.655. The molecule has 29 heavy (non-hydrogen) atoms. The zero-order valence-corrected chi connectivity index (χ0v) is 16.8. The Labute approximate surface area is 170 Å². The van der Waals surface area contributed by atoms with Crippen molar-refractivity contribution in [3.63, 3.8) is 0 Å². The molecule has 1 saturated heterocycles. The van der Waals surface area contributed by atoms with E-state index in [4.69, 9.17) is 4.74 Å². The van der Waals surface area contributed by atoms with E-state index in [2.05, 4.69) is 51.4 Å². The van der Waals surface area contributed by atoms with Gasteiger partial charge in [-0.1, -0.05) is 37.3 Å². The van der Waals surface area contributed by atoms with E-state index in [1.54, 1.807) is 4.90 Å². The molecule has 4 rings (SSSR count).